The number of benzene rings is 1. The molecule has 0 bridgehead atoms. The molecule has 0 unspecified atom stereocenters. The van der Waals surface area contributed by atoms with E-state index in [-0.39, 0.29) is 12.0 Å². The maximum Gasteiger partial charge on any atom is 0.234 e. The summed E-state index contributed by atoms with van der Waals surface area (Å²) < 4.78 is 0. The largest absolute Gasteiger partial charge is 0.392 e. The maximum atomic E-state index is 12.1. The van der Waals surface area contributed by atoms with Crippen molar-refractivity contribution in [2.24, 2.45) is 0 Å². The quantitative estimate of drug-likeness (QED) is 0.821. The zero-order chi connectivity index (χ0) is 16.8. The van der Waals surface area contributed by atoms with E-state index in [1.165, 1.54) is 0 Å². The van der Waals surface area contributed by atoms with Crippen LogP contribution in [-0.2, 0) is 11.3 Å². The third-order valence-electron chi connectivity index (χ3n) is 4.15. The molecule has 2 atom stereocenters. The number of nitrogens with zero attached hydrogens (tertiary/aromatic N) is 2. The first-order chi connectivity index (χ1) is 11.0. The van der Waals surface area contributed by atoms with Crippen LogP contribution in [0, 0.1) is 0 Å². The Balaban J connectivity index is 1.75. The van der Waals surface area contributed by atoms with Crippen molar-refractivity contribution in [3.63, 3.8) is 0 Å². The molecular weight excluding hydrogens is 314 g/mol. The Kier molecular flexibility index (Phi) is 6.84. The number of nitrogens with one attached hydrogen (secondary N) is 1. The Morgan fingerprint density at radius 3 is 2.83 bits per heavy atom. The molecule has 5 nitrogen and oxygen atoms in total. The zero-order valence-electron chi connectivity index (χ0n) is 13.8. The van der Waals surface area contributed by atoms with Crippen molar-refractivity contribution in [2.45, 2.75) is 32.5 Å². The lowest BCUT2D eigenvalue weighted by Gasteiger charge is -2.40. The van der Waals surface area contributed by atoms with E-state index in [2.05, 4.69) is 22.0 Å². The number of β-amino-alcohol motifs (C(OH)–C–C–N with tert-alkyl or cyclic N) is 1. The Bertz CT molecular complexity index is 524. The fourth-order valence-corrected chi connectivity index (χ4v) is 3.12. The van der Waals surface area contributed by atoms with Crippen LogP contribution in [0.3, 0.4) is 0 Å². The SMILES string of the molecule is C[C@@H]1CN(CC(=O)NCc2ccccc2Cl)CCN1C[C@@H](C)O. The molecule has 1 aliphatic heterocycles. The van der Waals surface area contributed by atoms with E-state index in [1.807, 2.05) is 24.3 Å². The third-order valence-corrected chi connectivity index (χ3v) is 4.52. The highest BCUT2D eigenvalue weighted by atomic mass is 35.5. The summed E-state index contributed by atoms with van der Waals surface area (Å²) in [6.07, 6.45) is -0.317. The van der Waals surface area contributed by atoms with Gasteiger partial charge in [-0.15, -0.1) is 0 Å². The van der Waals surface area contributed by atoms with E-state index in [0.717, 1.165) is 25.2 Å². The summed E-state index contributed by atoms with van der Waals surface area (Å²) in [5, 5.41) is 13.1. The van der Waals surface area contributed by atoms with Crippen molar-refractivity contribution in [3.05, 3.63) is 34.9 Å². The summed E-state index contributed by atoms with van der Waals surface area (Å²) in [4.78, 5) is 16.5. The number of halogens is 1. The summed E-state index contributed by atoms with van der Waals surface area (Å²) in [7, 11) is 0. The minimum atomic E-state index is -0.317. The molecule has 2 rings (SSSR count). The van der Waals surface area contributed by atoms with Crippen LogP contribution in [-0.4, -0.2) is 65.7 Å². The molecule has 128 valence electrons. The highest BCUT2D eigenvalue weighted by Crippen LogP contribution is 2.14. The molecule has 6 heteroatoms. The molecule has 0 spiro atoms. The van der Waals surface area contributed by atoms with Crippen molar-refractivity contribution in [3.8, 4) is 0 Å². The molecule has 1 fully saturated rings. The van der Waals surface area contributed by atoms with Crippen LogP contribution in [0.1, 0.15) is 19.4 Å². The molecule has 0 saturated carbocycles. The molecule has 0 aliphatic carbocycles. The molecule has 1 amide bonds. The lowest BCUT2D eigenvalue weighted by Crippen LogP contribution is -2.55. The van der Waals surface area contributed by atoms with E-state index in [1.54, 1.807) is 6.92 Å². The van der Waals surface area contributed by atoms with Gasteiger partial charge in [0.15, 0.2) is 0 Å². The van der Waals surface area contributed by atoms with Gasteiger partial charge in [0, 0.05) is 43.8 Å². The first-order valence-electron chi connectivity index (χ1n) is 8.10. The van der Waals surface area contributed by atoms with Gasteiger partial charge < -0.3 is 10.4 Å². The summed E-state index contributed by atoms with van der Waals surface area (Å²) >= 11 is 6.09. The van der Waals surface area contributed by atoms with Gasteiger partial charge in [-0.25, -0.2) is 0 Å². The van der Waals surface area contributed by atoms with Gasteiger partial charge >= 0.3 is 0 Å². The first-order valence-corrected chi connectivity index (χ1v) is 8.48. The predicted molar refractivity (Wildman–Crippen MR) is 92.5 cm³/mol. The van der Waals surface area contributed by atoms with E-state index < -0.39 is 0 Å². The summed E-state index contributed by atoms with van der Waals surface area (Å²) in [6.45, 7) is 8.05. The van der Waals surface area contributed by atoms with E-state index in [0.29, 0.717) is 30.7 Å². The van der Waals surface area contributed by atoms with Crippen molar-refractivity contribution in [2.75, 3.05) is 32.7 Å². The third kappa shape index (κ3) is 5.77. The molecule has 1 aromatic rings. The molecular formula is C17H26ClN3O2. The molecule has 1 heterocycles. The lowest BCUT2D eigenvalue weighted by atomic mass is 10.1. The normalized spacial score (nSPS) is 21.1. The molecule has 23 heavy (non-hydrogen) atoms. The minimum Gasteiger partial charge on any atom is -0.392 e. The summed E-state index contributed by atoms with van der Waals surface area (Å²) in [5.41, 5.74) is 0.928. The van der Waals surface area contributed by atoms with E-state index >= 15 is 0 Å². The topological polar surface area (TPSA) is 55.8 Å². The number of carbonyl (C=O) groups excluding carboxylic acids is 1. The number of hydrogen-bond donors (Lipinski definition) is 2. The number of carbonyl (C=O) groups is 1. The van der Waals surface area contributed by atoms with Gasteiger partial charge in [-0.1, -0.05) is 29.8 Å². The molecule has 2 N–H and O–H groups in total. The van der Waals surface area contributed by atoms with Crippen LogP contribution >= 0.6 is 11.6 Å². The second-order valence-corrected chi connectivity index (χ2v) is 6.70. The Morgan fingerprint density at radius 2 is 2.17 bits per heavy atom. The van der Waals surface area contributed by atoms with Crippen LogP contribution in [0.25, 0.3) is 0 Å². The van der Waals surface area contributed by atoms with Gasteiger partial charge in [-0.2, -0.15) is 0 Å². The number of aliphatic hydroxyl groups excluding tert-OH is 1. The Hall–Kier alpha value is -1.14. The van der Waals surface area contributed by atoms with Crippen molar-refractivity contribution < 1.29 is 9.90 Å². The summed E-state index contributed by atoms with van der Waals surface area (Å²) in [5.74, 6) is 0.0149. The second-order valence-electron chi connectivity index (χ2n) is 6.30. The number of piperazine rings is 1. The van der Waals surface area contributed by atoms with E-state index in [4.69, 9.17) is 11.6 Å². The molecule has 0 aromatic heterocycles. The van der Waals surface area contributed by atoms with Gasteiger partial charge in [0.25, 0.3) is 0 Å². The fourth-order valence-electron chi connectivity index (χ4n) is 2.92. The number of rotatable bonds is 6. The van der Waals surface area contributed by atoms with Crippen LogP contribution in [0.2, 0.25) is 5.02 Å². The first kappa shape index (κ1) is 18.2. The second kappa shape index (κ2) is 8.64. The van der Waals surface area contributed by atoms with Crippen LogP contribution < -0.4 is 5.32 Å². The predicted octanol–water partition coefficient (Wildman–Crippen LogP) is 1.34. The van der Waals surface area contributed by atoms with Crippen molar-refractivity contribution in [1.29, 1.82) is 0 Å². The van der Waals surface area contributed by atoms with Crippen LogP contribution in [0.4, 0.5) is 0 Å². The Labute approximate surface area is 143 Å². The Morgan fingerprint density at radius 1 is 1.43 bits per heavy atom. The molecule has 1 aromatic carbocycles. The average molecular weight is 340 g/mol. The van der Waals surface area contributed by atoms with Gasteiger partial charge in [0.05, 0.1) is 12.6 Å². The average Bonchev–Trinajstić information content (AvgIpc) is 2.49. The van der Waals surface area contributed by atoms with E-state index in [9.17, 15) is 9.90 Å². The number of hydrogen-bond acceptors (Lipinski definition) is 4. The molecule has 1 aliphatic rings. The smallest absolute Gasteiger partial charge is 0.234 e. The number of aliphatic hydroxyl groups is 1. The van der Waals surface area contributed by atoms with Crippen molar-refractivity contribution in [1.82, 2.24) is 15.1 Å². The van der Waals surface area contributed by atoms with Gasteiger partial charge in [0.2, 0.25) is 5.91 Å². The van der Waals surface area contributed by atoms with Crippen LogP contribution in [0.5, 0.6) is 0 Å². The fraction of sp³-hybridized carbons (Fsp3) is 0.588. The monoisotopic (exact) mass is 339 g/mol. The zero-order valence-corrected chi connectivity index (χ0v) is 14.6. The highest BCUT2D eigenvalue weighted by molar-refractivity contribution is 6.31. The van der Waals surface area contributed by atoms with Crippen LogP contribution in [0.15, 0.2) is 24.3 Å². The highest BCUT2D eigenvalue weighted by Gasteiger charge is 2.25. The summed E-state index contributed by atoms with van der Waals surface area (Å²) in [6, 6.07) is 7.87. The van der Waals surface area contributed by atoms with Crippen molar-refractivity contribution >= 4 is 17.5 Å². The van der Waals surface area contributed by atoms with Gasteiger partial charge in [-0.3, -0.25) is 14.6 Å². The molecule has 1 saturated heterocycles. The standard InChI is InChI=1S/C17H26ClN3O2/c1-13-10-20(7-8-21(13)11-14(2)22)12-17(23)19-9-15-5-3-4-6-16(15)18/h3-6,13-14,22H,7-12H2,1-2H3,(H,19,23)/t13-,14-/m1/s1. The lowest BCUT2D eigenvalue weighted by molar-refractivity contribution is -0.123. The minimum absolute atomic E-state index is 0.0149. The van der Waals surface area contributed by atoms with Gasteiger partial charge in [0.1, 0.15) is 0 Å². The number of amides is 1. The van der Waals surface area contributed by atoms with Gasteiger partial charge in [-0.05, 0) is 25.5 Å². The molecule has 0 radical (unpaired) electrons. The maximum absolute atomic E-state index is 12.1.